The molecule has 0 saturated heterocycles. The molecular weight excluding hydrogens is 587 g/mol. The van der Waals surface area contributed by atoms with Gasteiger partial charge >= 0.3 is 0 Å². The van der Waals surface area contributed by atoms with Gasteiger partial charge in [0.1, 0.15) is 28.7 Å². The number of sulfonamides is 1. The minimum Gasteiger partial charge on any atom is -0.494 e. The number of para-hydroxylation sites is 1. The third kappa shape index (κ3) is 5.78. The Morgan fingerprint density at radius 3 is 2.38 bits per heavy atom. The van der Waals surface area contributed by atoms with Crippen LogP contribution in [-0.4, -0.2) is 53.7 Å². The molecule has 0 bridgehead atoms. The van der Waals surface area contributed by atoms with Crippen LogP contribution in [0, 0.1) is 12.7 Å². The summed E-state index contributed by atoms with van der Waals surface area (Å²) in [4.78, 5) is 18.1. The Kier molecular flexibility index (Phi) is 8.14. The molecule has 0 amide bonds. The Morgan fingerprint density at radius 1 is 1.00 bits per heavy atom. The van der Waals surface area contributed by atoms with Gasteiger partial charge < -0.3 is 14.2 Å². The summed E-state index contributed by atoms with van der Waals surface area (Å²) in [7, 11) is -1.16. The lowest BCUT2D eigenvalue weighted by Crippen LogP contribution is -2.17. The molecule has 1 N–H and O–H groups in total. The summed E-state index contributed by atoms with van der Waals surface area (Å²) in [6.45, 7) is 3.96. The second-order valence-corrected chi connectivity index (χ2v) is 11.1. The van der Waals surface area contributed by atoms with E-state index in [-0.39, 0.29) is 35.1 Å². The second kappa shape index (κ2) is 11.8. The molecule has 5 rings (SSSR count). The number of halogens is 2. The summed E-state index contributed by atoms with van der Waals surface area (Å²) in [5.74, 6) is -0.0820. The number of nitrogens with zero attached hydrogens (tertiary/aromatic N) is 5. The number of anilines is 1. The van der Waals surface area contributed by atoms with E-state index >= 15 is 0 Å². The number of aryl methyl sites for hydroxylation is 1. The summed E-state index contributed by atoms with van der Waals surface area (Å²) in [6, 6.07) is 14.7. The Balaban J connectivity index is 0.00000423. The number of hydrogen-bond acceptors (Lipinski definition) is 9. The number of benzene rings is 2. The van der Waals surface area contributed by atoms with Crippen LogP contribution in [0.2, 0.25) is 5.15 Å². The van der Waals surface area contributed by atoms with E-state index in [2.05, 4.69) is 24.7 Å². The average Bonchev–Trinajstić information content (AvgIpc) is 3.32. The maximum Gasteiger partial charge on any atom is 0.238 e. The van der Waals surface area contributed by atoms with Gasteiger partial charge in [-0.1, -0.05) is 35.9 Å². The topological polar surface area (TPSA) is 130 Å². The van der Waals surface area contributed by atoms with E-state index in [1.165, 1.54) is 26.4 Å². The summed E-state index contributed by atoms with van der Waals surface area (Å²) in [5.41, 5.74) is 1.69. The highest BCUT2D eigenvalue weighted by atomic mass is 35.5. The molecule has 0 atom stereocenters. The van der Waals surface area contributed by atoms with Crippen LogP contribution in [0.5, 0.6) is 17.4 Å². The normalized spacial score (nSPS) is 11.5. The number of methoxy groups -OCH3 is 2. The average molecular weight is 615 g/mol. The number of aromatic nitrogens is 5. The molecule has 0 saturated carbocycles. The minimum atomic E-state index is -4.16. The van der Waals surface area contributed by atoms with Gasteiger partial charge in [0.2, 0.25) is 15.9 Å². The molecular formula is C28H28ClFN6O5S. The number of nitrogens with one attached hydrogen (secondary N) is 1. The third-order valence-electron chi connectivity index (χ3n) is 6.13. The number of hydrogen-bond donors (Lipinski definition) is 1. The smallest absolute Gasteiger partial charge is 0.238 e. The van der Waals surface area contributed by atoms with Crippen LogP contribution in [0.3, 0.4) is 0 Å². The number of rotatable bonds is 10. The van der Waals surface area contributed by atoms with Crippen molar-refractivity contribution in [2.24, 2.45) is 0 Å². The highest BCUT2D eigenvalue weighted by Crippen LogP contribution is 2.38. The van der Waals surface area contributed by atoms with Crippen molar-refractivity contribution >= 4 is 38.7 Å². The lowest BCUT2D eigenvalue weighted by atomic mass is 10.2. The molecule has 42 heavy (non-hydrogen) atoms. The Bertz CT molecular complexity index is 1880. The summed E-state index contributed by atoms with van der Waals surface area (Å²) in [5, 5.41) is -0.255. The zero-order valence-corrected chi connectivity index (χ0v) is 24.6. The van der Waals surface area contributed by atoms with E-state index in [0.717, 1.165) is 0 Å². The first kappa shape index (κ1) is 29.0. The first-order valence-corrected chi connectivity index (χ1v) is 14.7. The molecule has 0 aliphatic heterocycles. The van der Waals surface area contributed by atoms with Gasteiger partial charge in [0, 0.05) is 13.1 Å². The molecule has 2 aromatic carbocycles. The van der Waals surface area contributed by atoms with Crippen LogP contribution in [0.25, 0.3) is 28.5 Å². The van der Waals surface area contributed by atoms with Crippen molar-refractivity contribution in [1.82, 2.24) is 24.5 Å². The fraction of sp³-hybridized carbons (Fsp3) is 0.214. The maximum atomic E-state index is 14.4. The monoisotopic (exact) mass is 614 g/mol. The Morgan fingerprint density at radius 2 is 1.71 bits per heavy atom. The van der Waals surface area contributed by atoms with Gasteiger partial charge in [0.15, 0.2) is 28.1 Å². The van der Waals surface area contributed by atoms with Crippen LogP contribution in [0.4, 0.5) is 10.2 Å². The summed E-state index contributed by atoms with van der Waals surface area (Å²) in [6.07, 6.45) is 0. The van der Waals surface area contributed by atoms with Gasteiger partial charge in [-0.05, 0) is 43.7 Å². The molecule has 5 aromatic rings. The highest BCUT2D eigenvalue weighted by Gasteiger charge is 2.26. The molecule has 0 unspecified atom stereocenters. The fourth-order valence-electron chi connectivity index (χ4n) is 4.30. The van der Waals surface area contributed by atoms with Crippen molar-refractivity contribution in [1.29, 1.82) is 0 Å². The van der Waals surface area contributed by atoms with Gasteiger partial charge in [-0.25, -0.2) is 32.7 Å². The molecule has 0 radical (unpaired) electrons. The zero-order chi connectivity index (χ0) is 30.0. The van der Waals surface area contributed by atoms with E-state index in [1.807, 2.05) is 6.92 Å². The van der Waals surface area contributed by atoms with Crippen molar-refractivity contribution in [2.45, 2.75) is 19.6 Å². The predicted octanol–water partition coefficient (Wildman–Crippen LogP) is 5.58. The van der Waals surface area contributed by atoms with Gasteiger partial charge in [-0.15, -0.1) is 0 Å². The number of ether oxygens (including phenoxy) is 3. The van der Waals surface area contributed by atoms with Crippen molar-refractivity contribution in [3.05, 3.63) is 76.7 Å². The van der Waals surface area contributed by atoms with Crippen LogP contribution in [0.1, 0.15) is 19.5 Å². The van der Waals surface area contributed by atoms with E-state index in [4.69, 9.17) is 25.8 Å². The van der Waals surface area contributed by atoms with E-state index < -0.39 is 21.6 Å². The number of pyridine rings is 1. The standard InChI is InChI=1S/C28H26ClFN6O5S.H2/c1-5-41-22-11-6-8-19(31-22)27-34-26-28(36(27)23-20(39-3)9-7-10-21(23)40-4)33-25(24(29)32-26)35-42(37,38)15-17-13-12-16(2)14-18(17)30;/h6-14H,5,15H2,1-4H3,(H,33,35);1H. The minimum absolute atomic E-state index is 0. The SMILES string of the molecule is CCOc1cccc(-c2nc3nc(Cl)c(NS(=O)(=O)Cc4ccc(C)cc4F)nc3n2-c2c(OC)cccc2OC)n1.[HH]. The molecule has 14 heteroatoms. The quantitative estimate of drug-likeness (QED) is 0.214. The molecule has 0 aliphatic rings. The lowest BCUT2D eigenvalue weighted by molar-refractivity contribution is 0.327. The largest absolute Gasteiger partial charge is 0.494 e. The first-order valence-electron chi connectivity index (χ1n) is 12.7. The number of fused-ring (bicyclic) bond motifs is 1. The maximum absolute atomic E-state index is 14.4. The van der Waals surface area contributed by atoms with Crippen molar-refractivity contribution in [3.8, 4) is 34.6 Å². The molecule has 0 fully saturated rings. The molecule has 3 aromatic heterocycles. The molecule has 220 valence electrons. The molecule has 0 spiro atoms. The zero-order valence-electron chi connectivity index (χ0n) is 23.1. The summed E-state index contributed by atoms with van der Waals surface area (Å²) >= 11 is 6.39. The van der Waals surface area contributed by atoms with Crippen molar-refractivity contribution in [3.63, 3.8) is 0 Å². The molecule has 3 heterocycles. The van der Waals surface area contributed by atoms with E-state index in [0.29, 0.717) is 40.9 Å². The van der Waals surface area contributed by atoms with Crippen LogP contribution in [0.15, 0.2) is 54.6 Å². The summed E-state index contributed by atoms with van der Waals surface area (Å²) < 4.78 is 61.4. The van der Waals surface area contributed by atoms with Gasteiger partial charge in [0.05, 0.1) is 26.6 Å². The number of imidazole rings is 1. The fourth-order valence-corrected chi connectivity index (χ4v) is 5.68. The van der Waals surface area contributed by atoms with Crippen LogP contribution < -0.4 is 18.9 Å². The highest BCUT2D eigenvalue weighted by molar-refractivity contribution is 7.91. The molecule has 11 nitrogen and oxygen atoms in total. The van der Waals surface area contributed by atoms with Gasteiger partial charge in [-0.3, -0.25) is 9.29 Å². The Hall–Kier alpha value is -4.49. The molecule has 0 aliphatic carbocycles. The van der Waals surface area contributed by atoms with E-state index in [1.54, 1.807) is 54.0 Å². The van der Waals surface area contributed by atoms with Crippen molar-refractivity contribution < 1.29 is 28.4 Å². The van der Waals surface area contributed by atoms with Crippen LogP contribution >= 0.6 is 11.6 Å². The second-order valence-electron chi connectivity index (χ2n) is 9.04. The predicted molar refractivity (Wildman–Crippen MR) is 159 cm³/mol. The Labute approximate surface area is 247 Å². The van der Waals surface area contributed by atoms with Gasteiger partial charge in [-0.2, -0.15) is 0 Å². The lowest BCUT2D eigenvalue weighted by Gasteiger charge is -2.16. The van der Waals surface area contributed by atoms with Crippen molar-refractivity contribution in [2.75, 3.05) is 25.5 Å². The van der Waals surface area contributed by atoms with Crippen LogP contribution in [-0.2, 0) is 15.8 Å². The third-order valence-corrected chi connectivity index (χ3v) is 7.59. The van der Waals surface area contributed by atoms with E-state index in [9.17, 15) is 12.8 Å². The van der Waals surface area contributed by atoms with Gasteiger partial charge in [0.25, 0.3) is 0 Å². The first-order chi connectivity index (χ1) is 20.1.